The molecule has 0 aliphatic carbocycles. The molecule has 0 saturated heterocycles. The van der Waals surface area contributed by atoms with E-state index in [0.29, 0.717) is 12.1 Å². The Morgan fingerprint density at radius 1 is 1.69 bits per heavy atom. The van der Waals surface area contributed by atoms with Gasteiger partial charge in [0.15, 0.2) is 0 Å². The van der Waals surface area contributed by atoms with Crippen molar-refractivity contribution in [2.45, 2.75) is 26.3 Å². The van der Waals surface area contributed by atoms with Crippen molar-refractivity contribution in [1.29, 1.82) is 5.26 Å². The zero-order chi connectivity index (χ0) is 12.1. The molecule has 16 heavy (non-hydrogen) atoms. The molecule has 0 radical (unpaired) electrons. The van der Waals surface area contributed by atoms with Gasteiger partial charge in [-0.3, -0.25) is 9.78 Å². The van der Waals surface area contributed by atoms with Gasteiger partial charge >= 0.3 is 0 Å². The van der Waals surface area contributed by atoms with Gasteiger partial charge in [0, 0.05) is 19.3 Å². The lowest BCUT2D eigenvalue weighted by Gasteiger charge is -2.23. The van der Waals surface area contributed by atoms with Gasteiger partial charge in [0.05, 0.1) is 12.5 Å². The van der Waals surface area contributed by atoms with Gasteiger partial charge in [0.2, 0.25) is 0 Å². The second-order valence-electron chi connectivity index (χ2n) is 3.80. The Labute approximate surface area is 95.5 Å². The average molecular weight is 217 g/mol. The number of amides is 1. The number of aromatic nitrogens is 1. The Morgan fingerprint density at radius 2 is 2.38 bits per heavy atom. The first-order valence-electron chi connectivity index (χ1n) is 5.13. The summed E-state index contributed by atoms with van der Waals surface area (Å²) in [6.45, 7) is 3.70. The van der Waals surface area contributed by atoms with Crippen LogP contribution in [0.15, 0.2) is 18.3 Å². The van der Waals surface area contributed by atoms with Crippen LogP contribution in [0.4, 0.5) is 0 Å². The van der Waals surface area contributed by atoms with Crippen LogP contribution < -0.4 is 0 Å². The molecular formula is C12H15N3O. The molecule has 1 aromatic heterocycles. The van der Waals surface area contributed by atoms with Gasteiger partial charge in [-0.25, -0.2) is 0 Å². The predicted molar refractivity (Wildman–Crippen MR) is 60.8 cm³/mol. The maximum Gasteiger partial charge on any atom is 0.272 e. The minimum atomic E-state index is -0.138. The molecule has 1 unspecified atom stereocenters. The average Bonchev–Trinajstić information content (AvgIpc) is 2.28. The summed E-state index contributed by atoms with van der Waals surface area (Å²) in [4.78, 5) is 17.7. The number of hydrogen-bond acceptors (Lipinski definition) is 3. The highest BCUT2D eigenvalue weighted by Crippen LogP contribution is 2.09. The van der Waals surface area contributed by atoms with E-state index in [2.05, 4.69) is 11.1 Å². The zero-order valence-corrected chi connectivity index (χ0v) is 9.77. The van der Waals surface area contributed by atoms with Crippen LogP contribution in [0, 0.1) is 18.3 Å². The van der Waals surface area contributed by atoms with E-state index in [1.807, 2.05) is 19.9 Å². The van der Waals surface area contributed by atoms with Crippen LogP contribution in [-0.4, -0.2) is 28.9 Å². The van der Waals surface area contributed by atoms with E-state index in [-0.39, 0.29) is 11.9 Å². The Kier molecular flexibility index (Phi) is 4.01. The normalized spacial score (nSPS) is 11.6. The van der Waals surface area contributed by atoms with E-state index in [4.69, 9.17) is 5.26 Å². The lowest BCUT2D eigenvalue weighted by atomic mass is 10.1. The van der Waals surface area contributed by atoms with Gasteiger partial charge in [0.25, 0.3) is 5.91 Å². The monoisotopic (exact) mass is 217 g/mol. The molecule has 1 amide bonds. The van der Waals surface area contributed by atoms with Gasteiger partial charge in [-0.1, -0.05) is 6.07 Å². The zero-order valence-electron chi connectivity index (χ0n) is 9.77. The largest absolute Gasteiger partial charge is 0.337 e. The highest BCUT2D eigenvalue weighted by atomic mass is 16.2. The molecule has 1 heterocycles. The second kappa shape index (κ2) is 5.26. The molecule has 0 bridgehead atoms. The summed E-state index contributed by atoms with van der Waals surface area (Å²) < 4.78 is 0. The van der Waals surface area contributed by atoms with Crippen molar-refractivity contribution in [2.24, 2.45) is 0 Å². The fourth-order valence-electron chi connectivity index (χ4n) is 1.35. The summed E-state index contributed by atoms with van der Waals surface area (Å²) in [5.74, 6) is -0.138. The number of nitriles is 1. The van der Waals surface area contributed by atoms with E-state index >= 15 is 0 Å². The summed E-state index contributed by atoms with van der Waals surface area (Å²) in [5, 5.41) is 8.59. The first-order chi connectivity index (χ1) is 7.57. The maximum atomic E-state index is 12.0. The SMILES string of the molecule is Cc1cccnc1C(=O)N(C)C(C)CC#N. The van der Waals surface area contributed by atoms with Crippen LogP contribution in [-0.2, 0) is 0 Å². The van der Waals surface area contributed by atoms with E-state index < -0.39 is 0 Å². The van der Waals surface area contributed by atoms with Crippen LogP contribution in [0.25, 0.3) is 0 Å². The fourth-order valence-corrected chi connectivity index (χ4v) is 1.35. The highest BCUT2D eigenvalue weighted by molar-refractivity contribution is 5.93. The standard InChI is InChI=1S/C12H15N3O/c1-9-5-4-8-14-11(9)12(16)15(3)10(2)6-7-13/h4-5,8,10H,6H2,1-3H3. The number of carbonyl (C=O) groups excluding carboxylic acids is 1. The first-order valence-corrected chi connectivity index (χ1v) is 5.13. The number of nitrogens with zero attached hydrogens (tertiary/aromatic N) is 3. The molecule has 0 spiro atoms. The fraction of sp³-hybridized carbons (Fsp3) is 0.417. The molecule has 4 nitrogen and oxygen atoms in total. The van der Waals surface area contributed by atoms with Crippen molar-refractivity contribution in [3.63, 3.8) is 0 Å². The quantitative estimate of drug-likeness (QED) is 0.775. The van der Waals surface area contributed by atoms with Gasteiger partial charge < -0.3 is 4.90 Å². The highest BCUT2D eigenvalue weighted by Gasteiger charge is 2.19. The third-order valence-electron chi connectivity index (χ3n) is 2.58. The Bertz CT molecular complexity index is 423. The molecule has 0 aliphatic heterocycles. The molecule has 1 aromatic rings. The van der Waals surface area contributed by atoms with Crippen LogP contribution in [0.5, 0.6) is 0 Å². The molecule has 4 heteroatoms. The molecular weight excluding hydrogens is 202 g/mol. The summed E-state index contributed by atoms with van der Waals surface area (Å²) in [5.41, 5.74) is 1.30. The topological polar surface area (TPSA) is 57.0 Å². The number of pyridine rings is 1. The van der Waals surface area contributed by atoms with E-state index in [9.17, 15) is 4.79 Å². The van der Waals surface area contributed by atoms with Gasteiger partial charge in [-0.2, -0.15) is 5.26 Å². The van der Waals surface area contributed by atoms with Gasteiger partial charge in [-0.05, 0) is 25.5 Å². The molecule has 0 aromatic carbocycles. The van der Waals surface area contributed by atoms with E-state index in [1.165, 1.54) is 0 Å². The number of aryl methyl sites for hydroxylation is 1. The molecule has 1 rings (SSSR count). The van der Waals surface area contributed by atoms with Crippen LogP contribution >= 0.6 is 0 Å². The summed E-state index contributed by atoms with van der Waals surface area (Å²) in [6.07, 6.45) is 1.93. The van der Waals surface area contributed by atoms with Crippen molar-refractivity contribution in [2.75, 3.05) is 7.05 Å². The van der Waals surface area contributed by atoms with Crippen molar-refractivity contribution in [3.05, 3.63) is 29.6 Å². The van der Waals surface area contributed by atoms with Gasteiger partial charge in [-0.15, -0.1) is 0 Å². The number of carbonyl (C=O) groups is 1. The third kappa shape index (κ3) is 2.57. The molecule has 1 atom stereocenters. The van der Waals surface area contributed by atoms with Crippen molar-refractivity contribution in [3.8, 4) is 6.07 Å². The van der Waals surface area contributed by atoms with Crippen LogP contribution in [0.1, 0.15) is 29.4 Å². The summed E-state index contributed by atoms with van der Waals surface area (Å²) >= 11 is 0. The third-order valence-corrected chi connectivity index (χ3v) is 2.58. The predicted octanol–water partition coefficient (Wildman–Crippen LogP) is 1.76. The molecule has 84 valence electrons. The van der Waals surface area contributed by atoms with E-state index in [0.717, 1.165) is 5.56 Å². The van der Waals surface area contributed by atoms with Crippen LogP contribution in [0.2, 0.25) is 0 Å². The smallest absolute Gasteiger partial charge is 0.272 e. The van der Waals surface area contributed by atoms with Crippen LogP contribution in [0.3, 0.4) is 0 Å². The van der Waals surface area contributed by atoms with Crippen molar-refractivity contribution in [1.82, 2.24) is 9.88 Å². The maximum absolute atomic E-state index is 12.0. The summed E-state index contributed by atoms with van der Waals surface area (Å²) in [7, 11) is 1.69. The second-order valence-corrected chi connectivity index (χ2v) is 3.80. The minimum Gasteiger partial charge on any atom is -0.337 e. The summed E-state index contributed by atoms with van der Waals surface area (Å²) in [6, 6.07) is 5.60. The minimum absolute atomic E-state index is 0.0982. The molecule has 0 saturated carbocycles. The van der Waals surface area contributed by atoms with Crippen molar-refractivity contribution >= 4 is 5.91 Å². The van der Waals surface area contributed by atoms with Crippen molar-refractivity contribution < 1.29 is 4.79 Å². The Balaban J connectivity index is 2.87. The lowest BCUT2D eigenvalue weighted by molar-refractivity contribution is 0.0739. The Hall–Kier alpha value is -1.89. The van der Waals surface area contributed by atoms with Gasteiger partial charge in [0.1, 0.15) is 5.69 Å². The first kappa shape index (κ1) is 12.2. The molecule has 0 aliphatic rings. The van der Waals surface area contributed by atoms with E-state index in [1.54, 1.807) is 24.2 Å². The number of hydrogen-bond donors (Lipinski definition) is 0. The lowest BCUT2D eigenvalue weighted by Crippen LogP contribution is -2.35. The molecule has 0 N–H and O–H groups in total. The number of rotatable bonds is 3. The molecule has 0 fully saturated rings. The Morgan fingerprint density at radius 3 is 2.94 bits per heavy atom.